The van der Waals surface area contributed by atoms with Gasteiger partial charge >= 0.3 is 5.97 Å². The van der Waals surface area contributed by atoms with Crippen LogP contribution in [0.25, 0.3) is 16.9 Å². The third-order valence-corrected chi connectivity index (χ3v) is 4.45. The highest BCUT2D eigenvalue weighted by Crippen LogP contribution is 2.23. The standard InChI is InChI=1S/C17H17N5O3/c23-15-13-5-4-12(21-6-2-1-3-7-21)8-14(13)19-17(20-15)22-10-11(9-18-22)16(24)25/h4-5,8-10H,1-3,6-7H2,(H,24,25)(H,19,20,23). The summed E-state index contributed by atoms with van der Waals surface area (Å²) in [7, 11) is 0. The zero-order valence-corrected chi connectivity index (χ0v) is 13.5. The number of carboxylic acid groups (broad SMARTS) is 1. The van der Waals surface area contributed by atoms with Crippen molar-refractivity contribution < 1.29 is 9.90 Å². The lowest BCUT2D eigenvalue weighted by atomic mass is 10.1. The summed E-state index contributed by atoms with van der Waals surface area (Å²) >= 11 is 0. The number of anilines is 1. The summed E-state index contributed by atoms with van der Waals surface area (Å²) in [4.78, 5) is 32.7. The fraction of sp³-hybridized carbons (Fsp3) is 0.294. The molecule has 3 heterocycles. The number of H-pyrrole nitrogens is 1. The van der Waals surface area contributed by atoms with Crippen LogP contribution in [0.3, 0.4) is 0 Å². The lowest BCUT2D eigenvalue weighted by molar-refractivity contribution is 0.0697. The van der Waals surface area contributed by atoms with Gasteiger partial charge in [-0.3, -0.25) is 9.78 Å². The third kappa shape index (κ3) is 2.86. The van der Waals surface area contributed by atoms with Crippen molar-refractivity contribution in [2.45, 2.75) is 19.3 Å². The van der Waals surface area contributed by atoms with Crippen LogP contribution in [0.2, 0.25) is 0 Å². The van der Waals surface area contributed by atoms with Crippen molar-refractivity contribution >= 4 is 22.6 Å². The van der Waals surface area contributed by atoms with E-state index in [9.17, 15) is 9.59 Å². The number of piperidine rings is 1. The summed E-state index contributed by atoms with van der Waals surface area (Å²) in [6.45, 7) is 2.01. The summed E-state index contributed by atoms with van der Waals surface area (Å²) in [6.07, 6.45) is 6.11. The second kappa shape index (κ2) is 6.04. The number of carboxylic acids is 1. The molecule has 8 heteroatoms. The van der Waals surface area contributed by atoms with E-state index in [-0.39, 0.29) is 17.1 Å². The molecule has 1 aliphatic rings. The first-order valence-electron chi connectivity index (χ1n) is 8.19. The zero-order valence-electron chi connectivity index (χ0n) is 13.5. The average molecular weight is 339 g/mol. The van der Waals surface area contributed by atoms with Crippen LogP contribution >= 0.6 is 0 Å². The number of benzene rings is 1. The van der Waals surface area contributed by atoms with Gasteiger partial charge in [-0.25, -0.2) is 14.5 Å². The van der Waals surface area contributed by atoms with Gasteiger partial charge in [0.15, 0.2) is 0 Å². The summed E-state index contributed by atoms with van der Waals surface area (Å²) < 4.78 is 1.26. The number of rotatable bonds is 3. The highest BCUT2D eigenvalue weighted by Gasteiger charge is 2.14. The second-order valence-corrected chi connectivity index (χ2v) is 6.12. The molecular weight excluding hydrogens is 322 g/mol. The van der Waals surface area contributed by atoms with Crippen molar-refractivity contribution in [1.82, 2.24) is 19.7 Å². The Morgan fingerprint density at radius 1 is 1.20 bits per heavy atom. The molecule has 1 aliphatic heterocycles. The molecule has 0 aliphatic carbocycles. The minimum atomic E-state index is -1.08. The Balaban J connectivity index is 1.78. The largest absolute Gasteiger partial charge is 0.478 e. The number of aromatic amines is 1. The number of aromatic nitrogens is 4. The van der Waals surface area contributed by atoms with Crippen molar-refractivity contribution in [2.75, 3.05) is 18.0 Å². The van der Waals surface area contributed by atoms with Gasteiger partial charge in [0.05, 0.1) is 22.7 Å². The van der Waals surface area contributed by atoms with Gasteiger partial charge in [0.25, 0.3) is 5.56 Å². The van der Waals surface area contributed by atoms with Crippen LogP contribution < -0.4 is 10.5 Å². The molecule has 0 radical (unpaired) electrons. The van der Waals surface area contributed by atoms with Crippen molar-refractivity contribution in [3.8, 4) is 5.95 Å². The fourth-order valence-electron chi connectivity index (χ4n) is 3.12. The Hall–Kier alpha value is -3.16. The second-order valence-electron chi connectivity index (χ2n) is 6.12. The van der Waals surface area contributed by atoms with Gasteiger partial charge in [-0.15, -0.1) is 0 Å². The number of nitrogens with one attached hydrogen (secondary N) is 1. The Kier molecular flexibility index (Phi) is 3.72. The number of carbonyl (C=O) groups is 1. The molecule has 2 aromatic heterocycles. The number of fused-ring (bicyclic) bond motifs is 1. The van der Waals surface area contributed by atoms with Crippen molar-refractivity contribution in [1.29, 1.82) is 0 Å². The zero-order chi connectivity index (χ0) is 17.4. The molecule has 1 aromatic carbocycles. The molecule has 0 atom stereocenters. The van der Waals surface area contributed by atoms with Crippen molar-refractivity contribution in [3.05, 3.63) is 46.5 Å². The summed E-state index contributed by atoms with van der Waals surface area (Å²) in [5.41, 5.74) is 1.36. The van der Waals surface area contributed by atoms with Crippen LogP contribution in [-0.4, -0.2) is 43.9 Å². The molecule has 25 heavy (non-hydrogen) atoms. The summed E-state index contributed by atoms with van der Waals surface area (Å²) in [6, 6.07) is 5.63. The topological polar surface area (TPSA) is 104 Å². The van der Waals surface area contributed by atoms with Crippen LogP contribution in [0.1, 0.15) is 29.6 Å². The molecule has 3 aromatic rings. The van der Waals surface area contributed by atoms with Gasteiger partial charge in [0, 0.05) is 25.0 Å². The van der Waals surface area contributed by atoms with E-state index in [1.54, 1.807) is 6.07 Å². The van der Waals surface area contributed by atoms with E-state index >= 15 is 0 Å². The van der Waals surface area contributed by atoms with Crippen LogP contribution in [0.5, 0.6) is 0 Å². The van der Waals surface area contributed by atoms with E-state index in [2.05, 4.69) is 20.0 Å². The molecule has 1 fully saturated rings. The lowest BCUT2D eigenvalue weighted by Crippen LogP contribution is -2.29. The predicted octanol–water partition coefficient (Wildman–Crippen LogP) is 1.80. The maximum atomic E-state index is 12.3. The first kappa shape index (κ1) is 15.4. The number of aromatic carboxylic acids is 1. The molecule has 0 bridgehead atoms. The Morgan fingerprint density at radius 2 is 2.00 bits per heavy atom. The van der Waals surface area contributed by atoms with Gasteiger partial charge in [-0.1, -0.05) is 0 Å². The van der Waals surface area contributed by atoms with Gasteiger partial charge in [-0.2, -0.15) is 5.10 Å². The minimum absolute atomic E-state index is 0.0322. The van der Waals surface area contributed by atoms with Gasteiger partial charge in [-0.05, 0) is 37.5 Å². The number of hydrogen-bond donors (Lipinski definition) is 2. The first-order valence-corrected chi connectivity index (χ1v) is 8.19. The Labute approximate surface area is 142 Å². The highest BCUT2D eigenvalue weighted by atomic mass is 16.4. The quantitative estimate of drug-likeness (QED) is 0.754. The molecule has 4 rings (SSSR count). The lowest BCUT2D eigenvalue weighted by Gasteiger charge is -2.28. The van der Waals surface area contributed by atoms with E-state index in [1.807, 2.05) is 12.1 Å². The summed E-state index contributed by atoms with van der Waals surface area (Å²) in [5.74, 6) is -0.887. The smallest absolute Gasteiger partial charge is 0.338 e. The van der Waals surface area contributed by atoms with Gasteiger partial charge < -0.3 is 10.0 Å². The van der Waals surface area contributed by atoms with E-state index in [0.29, 0.717) is 10.9 Å². The molecule has 2 N–H and O–H groups in total. The molecule has 128 valence electrons. The van der Waals surface area contributed by atoms with E-state index < -0.39 is 5.97 Å². The number of hydrogen-bond acceptors (Lipinski definition) is 5. The number of nitrogens with zero attached hydrogens (tertiary/aromatic N) is 4. The van der Waals surface area contributed by atoms with Gasteiger partial charge in [0.2, 0.25) is 5.95 Å². The molecule has 8 nitrogen and oxygen atoms in total. The van der Waals surface area contributed by atoms with Gasteiger partial charge in [0.1, 0.15) is 0 Å². The molecular formula is C17H17N5O3. The first-order chi connectivity index (χ1) is 12.1. The van der Waals surface area contributed by atoms with Crippen LogP contribution in [-0.2, 0) is 0 Å². The molecule has 1 saturated heterocycles. The summed E-state index contributed by atoms with van der Waals surface area (Å²) in [5, 5.41) is 13.5. The fourth-order valence-corrected chi connectivity index (χ4v) is 3.12. The predicted molar refractivity (Wildman–Crippen MR) is 92.5 cm³/mol. The average Bonchev–Trinajstić information content (AvgIpc) is 3.12. The highest BCUT2D eigenvalue weighted by molar-refractivity contribution is 5.87. The van der Waals surface area contributed by atoms with Crippen molar-refractivity contribution in [2.24, 2.45) is 0 Å². The molecule has 0 amide bonds. The Morgan fingerprint density at radius 3 is 2.72 bits per heavy atom. The molecule has 0 saturated carbocycles. The molecule has 0 spiro atoms. The molecule has 0 unspecified atom stereocenters. The van der Waals surface area contributed by atoms with E-state index in [1.165, 1.54) is 23.5 Å². The normalized spacial score (nSPS) is 14.8. The monoisotopic (exact) mass is 339 g/mol. The SMILES string of the molecule is O=C(O)c1cnn(-c2nc3cc(N4CCCCC4)ccc3c(=O)[nH]2)c1. The Bertz CT molecular complexity index is 1000. The maximum Gasteiger partial charge on any atom is 0.338 e. The van der Waals surface area contributed by atoms with Crippen LogP contribution in [0, 0.1) is 0 Å². The maximum absolute atomic E-state index is 12.3. The van der Waals surface area contributed by atoms with Crippen LogP contribution in [0.4, 0.5) is 5.69 Å². The minimum Gasteiger partial charge on any atom is -0.478 e. The van der Waals surface area contributed by atoms with E-state index in [0.717, 1.165) is 31.6 Å². The van der Waals surface area contributed by atoms with E-state index in [4.69, 9.17) is 5.11 Å². The van der Waals surface area contributed by atoms with Crippen molar-refractivity contribution in [3.63, 3.8) is 0 Å². The van der Waals surface area contributed by atoms with Crippen LogP contribution in [0.15, 0.2) is 35.4 Å². The third-order valence-electron chi connectivity index (χ3n) is 4.45.